The molecule has 3 aromatic rings. The molecule has 2 aromatic heterocycles. The van der Waals surface area contributed by atoms with Gasteiger partial charge in [-0.25, -0.2) is 0 Å². The molecule has 1 aliphatic rings. The Bertz CT molecular complexity index is 949. The van der Waals surface area contributed by atoms with Gasteiger partial charge in [0.15, 0.2) is 17.0 Å². The van der Waals surface area contributed by atoms with Crippen molar-refractivity contribution in [2.24, 2.45) is 0 Å². The summed E-state index contributed by atoms with van der Waals surface area (Å²) in [6, 6.07) is 8.44. The lowest BCUT2D eigenvalue weighted by Crippen LogP contribution is -2.18. The monoisotopic (exact) mass is 368 g/mol. The molecular formula is C19H24N6O2. The van der Waals surface area contributed by atoms with E-state index >= 15 is 0 Å². The van der Waals surface area contributed by atoms with Gasteiger partial charge in [-0.05, 0) is 44.0 Å². The Morgan fingerprint density at radius 1 is 1.11 bits per heavy atom. The number of ether oxygens (including phenoxy) is 1. The Hall–Kier alpha value is -2.87. The Morgan fingerprint density at radius 2 is 1.85 bits per heavy atom. The lowest BCUT2D eigenvalue weighted by Gasteiger charge is -2.15. The number of anilines is 1. The van der Waals surface area contributed by atoms with E-state index < -0.39 is 0 Å². The molecule has 0 atom stereocenters. The van der Waals surface area contributed by atoms with Crippen molar-refractivity contribution >= 4 is 17.0 Å². The van der Waals surface area contributed by atoms with Gasteiger partial charge in [0.2, 0.25) is 0 Å². The fraction of sp³-hybridized carbons (Fsp3) is 0.421. The summed E-state index contributed by atoms with van der Waals surface area (Å²) in [6.07, 6.45) is 2.55. The van der Waals surface area contributed by atoms with Crippen LogP contribution in [0.4, 0.5) is 5.82 Å². The van der Waals surface area contributed by atoms with Crippen molar-refractivity contribution in [1.82, 2.24) is 24.4 Å². The van der Waals surface area contributed by atoms with Gasteiger partial charge in [0, 0.05) is 6.54 Å². The van der Waals surface area contributed by atoms with Gasteiger partial charge in [-0.3, -0.25) is 9.47 Å². The first-order chi connectivity index (χ1) is 13.1. The summed E-state index contributed by atoms with van der Waals surface area (Å²) in [5.74, 6) is 0.195. The van der Waals surface area contributed by atoms with Crippen molar-refractivity contribution in [3.8, 4) is 12.0 Å². The zero-order valence-corrected chi connectivity index (χ0v) is 15.4. The normalized spacial score (nSPS) is 14.9. The molecule has 1 saturated heterocycles. The van der Waals surface area contributed by atoms with Gasteiger partial charge < -0.3 is 15.6 Å². The first-order valence-corrected chi connectivity index (χ1v) is 9.29. The van der Waals surface area contributed by atoms with Crippen LogP contribution in [0.15, 0.2) is 24.3 Å². The summed E-state index contributed by atoms with van der Waals surface area (Å²) in [5, 5.41) is 10.3. The number of imidazole rings is 1. The number of nitrogen functional groups attached to an aromatic ring is 1. The SMILES string of the molecule is CCOc1nc(N)c2nc(O)n(Cc3cccc(CN4CCCC4)c3)c2n1. The van der Waals surface area contributed by atoms with E-state index in [1.54, 1.807) is 4.57 Å². The molecule has 1 aromatic carbocycles. The van der Waals surface area contributed by atoms with Gasteiger partial charge in [-0.2, -0.15) is 15.0 Å². The Labute approximate surface area is 157 Å². The minimum atomic E-state index is -0.135. The zero-order valence-electron chi connectivity index (χ0n) is 15.4. The van der Waals surface area contributed by atoms with Gasteiger partial charge in [0.05, 0.1) is 13.2 Å². The summed E-state index contributed by atoms with van der Waals surface area (Å²) in [5.41, 5.74) is 9.13. The fourth-order valence-electron chi connectivity index (χ4n) is 3.54. The molecule has 3 N–H and O–H groups in total. The zero-order chi connectivity index (χ0) is 18.8. The van der Waals surface area contributed by atoms with Crippen LogP contribution >= 0.6 is 0 Å². The molecule has 0 unspecified atom stereocenters. The highest BCUT2D eigenvalue weighted by Gasteiger charge is 2.17. The number of aromatic nitrogens is 4. The number of likely N-dealkylation sites (tertiary alicyclic amines) is 1. The van der Waals surface area contributed by atoms with Crippen LogP contribution in [0, 0.1) is 0 Å². The summed E-state index contributed by atoms with van der Waals surface area (Å²) in [4.78, 5) is 15.0. The van der Waals surface area contributed by atoms with Gasteiger partial charge in [0.1, 0.15) is 0 Å². The molecule has 0 aliphatic carbocycles. The summed E-state index contributed by atoms with van der Waals surface area (Å²) >= 11 is 0. The van der Waals surface area contributed by atoms with Crippen LogP contribution in [0.3, 0.4) is 0 Å². The molecule has 4 rings (SSSR count). The van der Waals surface area contributed by atoms with Crippen LogP contribution in [0.2, 0.25) is 0 Å². The Balaban J connectivity index is 1.63. The second-order valence-corrected chi connectivity index (χ2v) is 6.80. The standard InChI is InChI=1S/C19H24N6O2/c1-2-27-18-22-16(20)15-17(23-18)25(19(26)21-15)12-14-7-5-6-13(10-14)11-24-8-3-4-9-24/h5-7,10H,2-4,8-9,11-12H2,1H3,(H,21,26)(H2,20,22,23). The number of rotatable bonds is 6. The maximum atomic E-state index is 10.3. The average Bonchev–Trinajstić information content (AvgIpc) is 3.25. The van der Waals surface area contributed by atoms with E-state index in [4.69, 9.17) is 10.5 Å². The molecule has 0 amide bonds. The summed E-state index contributed by atoms with van der Waals surface area (Å²) in [7, 11) is 0. The number of benzene rings is 1. The van der Waals surface area contributed by atoms with Crippen LogP contribution < -0.4 is 10.5 Å². The third kappa shape index (κ3) is 3.66. The molecule has 3 heterocycles. The molecule has 1 fully saturated rings. The minimum Gasteiger partial charge on any atom is -0.480 e. The van der Waals surface area contributed by atoms with Crippen molar-refractivity contribution in [2.75, 3.05) is 25.4 Å². The topological polar surface area (TPSA) is 102 Å². The van der Waals surface area contributed by atoms with E-state index in [-0.39, 0.29) is 17.8 Å². The van der Waals surface area contributed by atoms with E-state index in [0.717, 1.165) is 25.2 Å². The minimum absolute atomic E-state index is 0.135. The number of fused-ring (bicyclic) bond motifs is 1. The highest BCUT2D eigenvalue weighted by atomic mass is 16.5. The Kier molecular flexibility index (Phi) is 4.81. The molecule has 8 nitrogen and oxygen atoms in total. The second kappa shape index (κ2) is 7.40. The smallest absolute Gasteiger partial charge is 0.320 e. The van der Waals surface area contributed by atoms with Crippen molar-refractivity contribution in [3.05, 3.63) is 35.4 Å². The van der Waals surface area contributed by atoms with Crippen molar-refractivity contribution in [3.63, 3.8) is 0 Å². The number of nitrogens with two attached hydrogens (primary N) is 1. The molecular weight excluding hydrogens is 344 g/mol. The van der Waals surface area contributed by atoms with Gasteiger partial charge in [0.25, 0.3) is 6.01 Å². The summed E-state index contributed by atoms with van der Waals surface area (Å²) in [6.45, 7) is 6.00. The third-order valence-corrected chi connectivity index (χ3v) is 4.79. The van der Waals surface area contributed by atoms with E-state index in [1.807, 2.05) is 19.1 Å². The second-order valence-electron chi connectivity index (χ2n) is 6.80. The molecule has 8 heteroatoms. The fourth-order valence-corrected chi connectivity index (χ4v) is 3.54. The maximum Gasteiger partial charge on any atom is 0.320 e. The molecule has 27 heavy (non-hydrogen) atoms. The molecule has 0 saturated carbocycles. The lowest BCUT2D eigenvalue weighted by atomic mass is 10.1. The number of aromatic hydroxyl groups is 1. The third-order valence-electron chi connectivity index (χ3n) is 4.79. The predicted molar refractivity (Wildman–Crippen MR) is 103 cm³/mol. The molecule has 1 aliphatic heterocycles. The Morgan fingerprint density at radius 3 is 2.59 bits per heavy atom. The predicted octanol–water partition coefficient (Wildman–Crippen LogP) is 2.16. The van der Waals surface area contributed by atoms with Crippen molar-refractivity contribution < 1.29 is 9.84 Å². The van der Waals surface area contributed by atoms with Crippen LogP contribution in [0.1, 0.15) is 30.9 Å². The number of hydrogen-bond acceptors (Lipinski definition) is 7. The largest absolute Gasteiger partial charge is 0.480 e. The molecule has 0 bridgehead atoms. The van der Waals surface area contributed by atoms with E-state index in [9.17, 15) is 5.11 Å². The average molecular weight is 368 g/mol. The first kappa shape index (κ1) is 17.5. The quantitative estimate of drug-likeness (QED) is 0.687. The van der Waals surface area contributed by atoms with E-state index in [1.165, 1.54) is 18.4 Å². The van der Waals surface area contributed by atoms with Crippen molar-refractivity contribution in [1.29, 1.82) is 0 Å². The first-order valence-electron chi connectivity index (χ1n) is 9.29. The maximum absolute atomic E-state index is 10.3. The molecule has 0 spiro atoms. The van der Waals surface area contributed by atoms with Gasteiger partial charge in [-0.15, -0.1) is 0 Å². The van der Waals surface area contributed by atoms with Crippen LogP contribution in [-0.2, 0) is 13.1 Å². The van der Waals surface area contributed by atoms with E-state index in [2.05, 4.69) is 32.0 Å². The molecule has 0 radical (unpaired) electrons. The number of nitrogens with zero attached hydrogens (tertiary/aromatic N) is 5. The summed E-state index contributed by atoms with van der Waals surface area (Å²) < 4.78 is 7.00. The van der Waals surface area contributed by atoms with Crippen LogP contribution in [-0.4, -0.2) is 49.2 Å². The molecule has 142 valence electrons. The van der Waals surface area contributed by atoms with Crippen molar-refractivity contribution in [2.45, 2.75) is 32.9 Å². The highest BCUT2D eigenvalue weighted by Crippen LogP contribution is 2.26. The highest BCUT2D eigenvalue weighted by molar-refractivity contribution is 5.83. The van der Waals surface area contributed by atoms with Gasteiger partial charge >= 0.3 is 6.01 Å². The van der Waals surface area contributed by atoms with Crippen LogP contribution in [0.5, 0.6) is 12.0 Å². The number of hydrogen-bond donors (Lipinski definition) is 2. The lowest BCUT2D eigenvalue weighted by molar-refractivity contribution is 0.314. The van der Waals surface area contributed by atoms with Crippen LogP contribution in [0.25, 0.3) is 11.2 Å². The van der Waals surface area contributed by atoms with Gasteiger partial charge in [-0.1, -0.05) is 24.3 Å². The van der Waals surface area contributed by atoms with E-state index in [0.29, 0.717) is 24.3 Å².